The summed E-state index contributed by atoms with van der Waals surface area (Å²) in [6.45, 7) is 0. The molecule has 4 rings (SSSR count). The fourth-order valence-electron chi connectivity index (χ4n) is 2.79. The lowest BCUT2D eigenvalue weighted by atomic mass is 10.1. The van der Waals surface area contributed by atoms with Gasteiger partial charge in [0.05, 0.1) is 11.4 Å². The predicted octanol–water partition coefficient (Wildman–Crippen LogP) is 4.11. The minimum absolute atomic E-state index is 1.03. The zero-order chi connectivity index (χ0) is 13.5. The van der Waals surface area contributed by atoms with Gasteiger partial charge in [0.25, 0.3) is 0 Å². The zero-order valence-corrected chi connectivity index (χ0v) is 11.2. The van der Waals surface area contributed by atoms with Gasteiger partial charge in [-0.1, -0.05) is 48.5 Å². The Hall–Kier alpha value is -2.61. The molecule has 2 heterocycles. The van der Waals surface area contributed by atoms with Crippen molar-refractivity contribution in [1.29, 1.82) is 0 Å². The minimum Gasteiger partial charge on any atom is -0.350 e. The summed E-state index contributed by atoms with van der Waals surface area (Å²) in [7, 11) is 2.08. The summed E-state index contributed by atoms with van der Waals surface area (Å²) in [6.07, 6.45) is 6.27. The molecule has 0 radical (unpaired) electrons. The molecule has 2 heteroatoms. The van der Waals surface area contributed by atoms with Crippen LogP contribution < -0.4 is 0 Å². The molecular weight excluding hydrogens is 244 g/mol. The summed E-state index contributed by atoms with van der Waals surface area (Å²) in [5.41, 5.74) is 4.63. The highest BCUT2D eigenvalue weighted by Gasteiger charge is 2.12. The first kappa shape index (κ1) is 11.2. The molecule has 1 aromatic heterocycles. The molecule has 1 aliphatic rings. The van der Waals surface area contributed by atoms with Gasteiger partial charge >= 0.3 is 0 Å². The third-order valence-electron chi connectivity index (χ3n) is 3.80. The van der Waals surface area contributed by atoms with Crippen molar-refractivity contribution in [3.05, 3.63) is 71.5 Å². The Morgan fingerprint density at radius 1 is 1.00 bits per heavy atom. The van der Waals surface area contributed by atoms with Gasteiger partial charge in [-0.05, 0) is 11.5 Å². The number of rotatable bonds is 1. The second-order valence-electron chi connectivity index (χ2n) is 5.09. The van der Waals surface area contributed by atoms with Gasteiger partial charge in [0, 0.05) is 36.0 Å². The van der Waals surface area contributed by atoms with E-state index < -0.39 is 0 Å². The van der Waals surface area contributed by atoms with Crippen molar-refractivity contribution in [2.24, 2.45) is 12.0 Å². The van der Waals surface area contributed by atoms with Crippen LogP contribution in [0.4, 0.5) is 0 Å². The molecule has 0 N–H and O–H groups in total. The number of fused-ring (bicyclic) bond motifs is 2. The van der Waals surface area contributed by atoms with Crippen LogP contribution in [-0.4, -0.2) is 10.8 Å². The second kappa shape index (κ2) is 4.20. The van der Waals surface area contributed by atoms with Gasteiger partial charge in [-0.25, -0.2) is 0 Å². The number of hydrogen-bond donors (Lipinski definition) is 0. The highest BCUT2D eigenvalue weighted by molar-refractivity contribution is 6.03. The standard InChI is InChI=1S/C18H14N2/c1-20-12-14-7-3-5-9-16(14)18(20)10-17-15-8-4-2-6-13(15)11-19-17/h2-12H,1H3/b17-10+. The molecule has 0 amide bonds. The molecule has 0 unspecified atom stereocenters. The summed E-state index contributed by atoms with van der Waals surface area (Å²) in [5, 5.41) is 2.53. The summed E-state index contributed by atoms with van der Waals surface area (Å²) in [6, 6.07) is 16.8. The number of aryl methyl sites for hydroxylation is 1. The third-order valence-corrected chi connectivity index (χ3v) is 3.80. The Morgan fingerprint density at radius 2 is 1.80 bits per heavy atom. The summed E-state index contributed by atoms with van der Waals surface area (Å²) >= 11 is 0. The van der Waals surface area contributed by atoms with Gasteiger partial charge in [0.1, 0.15) is 0 Å². The average Bonchev–Trinajstić information content (AvgIpc) is 3.02. The molecule has 20 heavy (non-hydrogen) atoms. The molecule has 1 aliphatic heterocycles. The predicted molar refractivity (Wildman–Crippen MR) is 84.8 cm³/mol. The van der Waals surface area contributed by atoms with E-state index in [1.54, 1.807) is 0 Å². The van der Waals surface area contributed by atoms with Crippen molar-refractivity contribution in [1.82, 2.24) is 4.57 Å². The maximum Gasteiger partial charge on any atom is 0.0729 e. The molecule has 0 atom stereocenters. The molecule has 2 aromatic carbocycles. The second-order valence-corrected chi connectivity index (χ2v) is 5.09. The average molecular weight is 258 g/mol. The molecule has 0 saturated carbocycles. The Labute approximate surface area is 117 Å². The van der Waals surface area contributed by atoms with Gasteiger partial charge in [-0.15, -0.1) is 0 Å². The molecule has 2 nitrogen and oxygen atoms in total. The van der Waals surface area contributed by atoms with Crippen LogP contribution in [0.1, 0.15) is 16.8 Å². The normalized spacial score (nSPS) is 15.2. The lowest BCUT2D eigenvalue weighted by Crippen LogP contribution is -1.89. The van der Waals surface area contributed by atoms with E-state index in [9.17, 15) is 0 Å². The molecular formula is C18H14N2. The Bertz CT molecular complexity index is 866. The fraction of sp³-hybridized carbons (Fsp3) is 0.0556. The van der Waals surface area contributed by atoms with Gasteiger partial charge in [-0.2, -0.15) is 0 Å². The fourth-order valence-corrected chi connectivity index (χ4v) is 2.79. The van der Waals surface area contributed by atoms with E-state index in [4.69, 9.17) is 0 Å². The van der Waals surface area contributed by atoms with E-state index >= 15 is 0 Å². The molecule has 3 aromatic rings. The smallest absolute Gasteiger partial charge is 0.0729 e. The first-order chi connectivity index (χ1) is 9.83. The SMILES string of the molecule is Cn1cc2ccccc2c1/C=C1/N=Cc2ccccc21. The van der Waals surface area contributed by atoms with Crippen LogP contribution >= 0.6 is 0 Å². The van der Waals surface area contributed by atoms with E-state index in [0.717, 1.165) is 5.70 Å². The number of aliphatic imine (C=N–C) groups is 1. The first-order valence-corrected chi connectivity index (χ1v) is 6.72. The maximum absolute atomic E-state index is 4.55. The van der Waals surface area contributed by atoms with E-state index in [1.807, 2.05) is 12.3 Å². The van der Waals surface area contributed by atoms with Crippen molar-refractivity contribution in [2.75, 3.05) is 0 Å². The van der Waals surface area contributed by atoms with Crippen LogP contribution in [0.2, 0.25) is 0 Å². The highest BCUT2D eigenvalue weighted by Crippen LogP contribution is 2.30. The van der Waals surface area contributed by atoms with Gasteiger partial charge in [-0.3, -0.25) is 4.99 Å². The van der Waals surface area contributed by atoms with Crippen molar-refractivity contribution in [2.45, 2.75) is 0 Å². The first-order valence-electron chi connectivity index (χ1n) is 6.72. The van der Waals surface area contributed by atoms with Crippen molar-refractivity contribution in [3.8, 4) is 0 Å². The summed E-state index contributed by atoms with van der Waals surface area (Å²) < 4.78 is 2.16. The van der Waals surface area contributed by atoms with Crippen LogP contribution in [0.25, 0.3) is 22.5 Å². The molecule has 0 spiro atoms. The van der Waals surface area contributed by atoms with E-state index in [-0.39, 0.29) is 0 Å². The van der Waals surface area contributed by atoms with Crippen molar-refractivity contribution >= 4 is 28.8 Å². The van der Waals surface area contributed by atoms with Crippen LogP contribution in [0.5, 0.6) is 0 Å². The van der Waals surface area contributed by atoms with Crippen LogP contribution in [-0.2, 0) is 7.05 Å². The zero-order valence-electron chi connectivity index (χ0n) is 11.2. The van der Waals surface area contributed by atoms with Crippen molar-refractivity contribution in [3.63, 3.8) is 0 Å². The third kappa shape index (κ3) is 1.62. The number of nitrogens with zero attached hydrogens (tertiary/aromatic N) is 2. The number of hydrogen-bond acceptors (Lipinski definition) is 1. The summed E-state index contributed by atoms with van der Waals surface area (Å²) in [5.74, 6) is 0. The van der Waals surface area contributed by atoms with Crippen LogP contribution in [0, 0.1) is 0 Å². The van der Waals surface area contributed by atoms with Crippen molar-refractivity contribution < 1.29 is 0 Å². The molecule has 0 saturated heterocycles. The maximum atomic E-state index is 4.55. The quantitative estimate of drug-likeness (QED) is 0.625. The van der Waals surface area contributed by atoms with E-state index in [2.05, 4.69) is 71.3 Å². The molecule has 0 aliphatic carbocycles. The number of aromatic nitrogens is 1. The van der Waals surface area contributed by atoms with E-state index in [0.29, 0.717) is 0 Å². The highest BCUT2D eigenvalue weighted by atomic mass is 14.9. The Kier molecular flexibility index (Phi) is 2.36. The Morgan fingerprint density at radius 3 is 2.75 bits per heavy atom. The molecule has 0 bridgehead atoms. The van der Waals surface area contributed by atoms with E-state index in [1.165, 1.54) is 27.6 Å². The van der Waals surface area contributed by atoms with Crippen LogP contribution in [0.15, 0.2) is 59.7 Å². The monoisotopic (exact) mass is 258 g/mol. The lowest BCUT2D eigenvalue weighted by molar-refractivity contribution is 0.921. The summed E-state index contributed by atoms with van der Waals surface area (Å²) in [4.78, 5) is 4.55. The van der Waals surface area contributed by atoms with Crippen LogP contribution in [0.3, 0.4) is 0 Å². The largest absolute Gasteiger partial charge is 0.350 e. The molecule has 96 valence electrons. The topological polar surface area (TPSA) is 17.3 Å². The van der Waals surface area contributed by atoms with Gasteiger partial charge in [0.2, 0.25) is 0 Å². The lowest BCUT2D eigenvalue weighted by Gasteiger charge is -2.02. The van der Waals surface area contributed by atoms with Gasteiger partial charge < -0.3 is 4.57 Å². The number of benzene rings is 2. The molecule has 0 fully saturated rings. The Balaban J connectivity index is 1.92. The minimum atomic E-state index is 1.03. The van der Waals surface area contributed by atoms with Gasteiger partial charge in [0.15, 0.2) is 0 Å².